The number of rotatable bonds is 7. The first-order chi connectivity index (χ1) is 17.2. The van der Waals surface area contributed by atoms with E-state index in [9.17, 15) is 17.6 Å². The second-order valence-corrected chi connectivity index (χ2v) is 11.0. The second-order valence-electron chi connectivity index (χ2n) is 9.36. The van der Waals surface area contributed by atoms with Crippen molar-refractivity contribution in [1.82, 2.24) is 9.62 Å². The lowest BCUT2D eigenvalue weighted by atomic mass is 10.1. The minimum atomic E-state index is -3.96. The fraction of sp³-hybridized carbons (Fsp3) is 0.321. The lowest BCUT2D eigenvalue weighted by Gasteiger charge is -2.37. The monoisotopic (exact) mass is 509 g/mol. The van der Waals surface area contributed by atoms with Crippen molar-refractivity contribution in [2.24, 2.45) is 0 Å². The molecule has 1 heterocycles. The molecule has 1 aliphatic heterocycles. The molecule has 4 rings (SSSR count). The molecule has 0 spiro atoms. The van der Waals surface area contributed by atoms with Crippen LogP contribution in [0.4, 0.5) is 10.1 Å². The fourth-order valence-corrected chi connectivity index (χ4v) is 6.60. The second kappa shape index (κ2) is 10.8. The number of para-hydroxylation sites is 1. The van der Waals surface area contributed by atoms with Gasteiger partial charge in [0.15, 0.2) is 0 Å². The Balaban J connectivity index is 1.56. The fourth-order valence-electron chi connectivity index (χ4n) is 4.96. The highest BCUT2D eigenvalue weighted by molar-refractivity contribution is 7.89. The molecule has 0 unspecified atom stereocenters. The van der Waals surface area contributed by atoms with E-state index in [-0.39, 0.29) is 23.0 Å². The molecule has 0 aliphatic carbocycles. The highest BCUT2D eigenvalue weighted by Crippen LogP contribution is 2.24. The van der Waals surface area contributed by atoms with Crippen LogP contribution in [0, 0.1) is 26.6 Å². The van der Waals surface area contributed by atoms with Crippen LogP contribution in [0.25, 0.3) is 0 Å². The zero-order chi connectivity index (χ0) is 25.9. The molecule has 1 N–H and O–H groups in total. The first-order valence-electron chi connectivity index (χ1n) is 12.1. The quantitative estimate of drug-likeness (QED) is 0.523. The van der Waals surface area contributed by atoms with Gasteiger partial charge in [-0.3, -0.25) is 4.79 Å². The SMILES string of the molecule is Cc1cc(C)c(S(=O)(=O)N[C@H](Cc2ccccc2)C(=O)N2CCN(c3ccccc3F)CC2)c(C)c1. The number of hydrogen-bond acceptors (Lipinski definition) is 4. The molecule has 8 heteroatoms. The zero-order valence-electron chi connectivity index (χ0n) is 20.9. The van der Waals surface area contributed by atoms with Gasteiger partial charge in [0.05, 0.1) is 10.6 Å². The van der Waals surface area contributed by atoms with E-state index in [1.165, 1.54) is 6.07 Å². The molecule has 0 saturated carbocycles. The molecule has 36 heavy (non-hydrogen) atoms. The van der Waals surface area contributed by atoms with Gasteiger partial charge in [0.2, 0.25) is 15.9 Å². The molecule has 1 saturated heterocycles. The predicted octanol–water partition coefficient (Wildman–Crippen LogP) is 3.99. The number of nitrogens with zero attached hydrogens (tertiary/aromatic N) is 2. The lowest BCUT2D eigenvalue weighted by Crippen LogP contribution is -2.55. The maximum atomic E-state index is 14.2. The van der Waals surface area contributed by atoms with Gasteiger partial charge in [0.1, 0.15) is 11.9 Å². The molecular formula is C28H32FN3O3S. The summed E-state index contributed by atoms with van der Waals surface area (Å²) in [5.74, 6) is -0.575. The number of carbonyl (C=O) groups is 1. The third kappa shape index (κ3) is 5.77. The number of anilines is 1. The average Bonchev–Trinajstić information content (AvgIpc) is 2.83. The van der Waals surface area contributed by atoms with Crippen molar-refractivity contribution in [2.75, 3.05) is 31.1 Å². The summed E-state index contributed by atoms with van der Waals surface area (Å²) in [4.78, 5) is 17.4. The third-order valence-electron chi connectivity index (χ3n) is 6.54. The van der Waals surface area contributed by atoms with E-state index in [1.54, 1.807) is 36.9 Å². The van der Waals surface area contributed by atoms with Crippen molar-refractivity contribution >= 4 is 21.6 Å². The highest BCUT2D eigenvalue weighted by atomic mass is 32.2. The largest absolute Gasteiger partial charge is 0.366 e. The lowest BCUT2D eigenvalue weighted by molar-refractivity contribution is -0.133. The van der Waals surface area contributed by atoms with Gasteiger partial charge in [0, 0.05) is 26.2 Å². The van der Waals surface area contributed by atoms with Gasteiger partial charge in [-0.15, -0.1) is 0 Å². The number of carbonyl (C=O) groups excluding carboxylic acids is 1. The summed E-state index contributed by atoms with van der Waals surface area (Å²) >= 11 is 0. The van der Waals surface area contributed by atoms with Crippen LogP contribution in [0.5, 0.6) is 0 Å². The number of nitrogens with one attached hydrogen (secondary N) is 1. The van der Waals surface area contributed by atoms with Crippen LogP contribution in [0.3, 0.4) is 0 Å². The van der Waals surface area contributed by atoms with E-state index >= 15 is 0 Å². The molecule has 3 aromatic carbocycles. The van der Waals surface area contributed by atoms with Crippen molar-refractivity contribution in [3.05, 3.63) is 94.8 Å². The molecule has 1 fully saturated rings. The Bertz CT molecular complexity index is 1310. The van der Waals surface area contributed by atoms with E-state index < -0.39 is 16.1 Å². The van der Waals surface area contributed by atoms with E-state index in [4.69, 9.17) is 0 Å². The molecule has 0 aromatic heterocycles. The first-order valence-corrected chi connectivity index (χ1v) is 13.6. The molecular weight excluding hydrogens is 477 g/mol. The van der Waals surface area contributed by atoms with Gasteiger partial charge in [-0.25, -0.2) is 12.8 Å². The van der Waals surface area contributed by atoms with E-state index in [0.717, 1.165) is 11.1 Å². The van der Waals surface area contributed by atoms with Gasteiger partial charge < -0.3 is 9.80 Å². The summed E-state index contributed by atoms with van der Waals surface area (Å²) < 4.78 is 44.0. The maximum Gasteiger partial charge on any atom is 0.241 e. The summed E-state index contributed by atoms with van der Waals surface area (Å²) in [7, 11) is -3.96. The Hall–Kier alpha value is -3.23. The number of amides is 1. The molecule has 3 aromatic rings. The summed E-state index contributed by atoms with van der Waals surface area (Å²) in [5, 5.41) is 0. The minimum Gasteiger partial charge on any atom is -0.366 e. The molecule has 0 bridgehead atoms. The summed E-state index contributed by atoms with van der Waals surface area (Å²) in [6.45, 7) is 7.15. The van der Waals surface area contributed by atoms with Crippen LogP contribution < -0.4 is 9.62 Å². The van der Waals surface area contributed by atoms with E-state index in [0.29, 0.717) is 43.0 Å². The van der Waals surface area contributed by atoms with Crippen LogP contribution in [-0.4, -0.2) is 51.4 Å². The number of halogens is 1. The van der Waals surface area contributed by atoms with Crippen molar-refractivity contribution in [2.45, 2.75) is 38.1 Å². The molecule has 190 valence electrons. The van der Waals surface area contributed by atoms with Gasteiger partial charge in [-0.2, -0.15) is 4.72 Å². The number of sulfonamides is 1. The molecule has 0 radical (unpaired) electrons. The van der Waals surface area contributed by atoms with Crippen molar-refractivity contribution < 1.29 is 17.6 Å². The number of benzene rings is 3. The third-order valence-corrected chi connectivity index (χ3v) is 8.31. The Labute approximate surface area is 212 Å². The van der Waals surface area contributed by atoms with Crippen molar-refractivity contribution in [3.63, 3.8) is 0 Å². The number of hydrogen-bond donors (Lipinski definition) is 1. The van der Waals surface area contributed by atoms with Crippen LogP contribution in [0.2, 0.25) is 0 Å². The van der Waals surface area contributed by atoms with Crippen LogP contribution in [0.1, 0.15) is 22.3 Å². The average molecular weight is 510 g/mol. The molecule has 1 aliphatic rings. The topological polar surface area (TPSA) is 69.7 Å². The number of aryl methyl sites for hydroxylation is 3. The van der Waals surface area contributed by atoms with Crippen LogP contribution in [-0.2, 0) is 21.2 Å². The molecule has 1 atom stereocenters. The predicted molar refractivity (Wildman–Crippen MR) is 140 cm³/mol. The number of piperazine rings is 1. The van der Waals surface area contributed by atoms with Crippen LogP contribution >= 0.6 is 0 Å². The Morgan fingerprint density at radius 2 is 1.50 bits per heavy atom. The Morgan fingerprint density at radius 1 is 0.917 bits per heavy atom. The maximum absolute atomic E-state index is 14.2. The summed E-state index contributed by atoms with van der Waals surface area (Å²) in [6.07, 6.45) is 0.233. The smallest absolute Gasteiger partial charge is 0.241 e. The first kappa shape index (κ1) is 25.9. The zero-order valence-corrected chi connectivity index (χ0v) is 21.7. The van der Waals surface area contributed by atoms with Crippen molar-refractivity contribution in [3.8, 4) is 0 Å². The van der Waals surface area contributed by atoms with Gasteiger partial charge in [-0.1, -0.05) is 60.2 Å². The summed E-state index contributed by atoms with van der Waals surface area (Å²) in [6, 6.07) is 18.7. The van der Waals surface area contributed by atoms with Crippen molar-refractivity contribution in [1.29, 1.82) is 0 Å². The minimum absolute atomic E-state index is 0.211. The Kier molecular flexibility index (Phi) is 7.76. The Morgan fingerprint density at radius 3 is 2.11 bits per heavy atom. The van der Waals surface area contributed by atoms with Crippen LogP contribution in [0.15, 0.2) is 71.6 Å². The normalized spacial score (nSPS) is 15.1. The van der Waals surface area contributed by atoms with Gasteiger partial charge in [-0.05, 0) is 56.0 Å². The van der Waals surface area contributed by atoms with E-state index in [1.807, 2.05) is 54.3 Å². The molecule has 1 amide bonds. The van der Waals surface area contributed by atoms with Gasteiger partial charge >= 0.3 is 0 Å². The summed E-state index contributed by atoms with van der Waals surface area (Å²) in [5.41, 5.74) is 3.64. The standard InChI is InChI=1S/C28H32FN3O3S/c1-20-17-21(2)27(22(3)18-20)36(34,35)30-25(19-23-9-5-4-6-10-23)28(33)32-15-13-31(14-16-32)26-12-8-7-11-24(26)29/h4-12,17-18,25,30H,13-16,19H2,1-3H3/t25-/m1/s1. The van der Waals surface area contributed by atoms with Gasteiger partial charge in [0.25, 0.3) is 0 Å². The highest BCUT2D eigenvalue weighted by Gasteiger charge is 2.33. The van der Waals surface area contributed by atoms with E-state index in [2.05, 4.69) is 4.72 Å². The molecule has 6 nitrogen and oxygen atoms in total.